The Morgan fingerprint density at radius 2 is 2.44 bits per heavy atom. The van der Waals surface area contributed by atoms with Crippen molar-refractivity contribution >= 4 is 11.3 Å². The van der Waals surface area contributed by atoms with E-state index in [4.69, 9.17) is 5.11 Å². The topological polar surface area (TPSA) is 36.4 Å². The highest BCUT2D eigenvalue weighted by Crippen LogP contribution is 2.30. The summed E-state index contributed by atoms with van der Waals surface area (Å²) in [5.41, 5.74) is 1.05. The molecule has 1 N–H and O–H groups in total. The molecule has 3 nitrogen and oxygen atoms in total. The van der Waals surface area contributed by atoms with Gasteiger partial charge in [0.2, 0.25) is 0 Å². The van der Waals surface area contributed by atoms with E-state index in [1.807, 2.05) is 0 Å². The monoisotopic (exact) mass is 240 g/mol. The van der Waals surface area contributed by atoms with Gasteiger partial charge in [0.1, 0.15) is 0 Å². The first-order valence-electron chi connectivity index (χ1n) is 6.00. The predicted octanol–water partition coefficient (Wildman–Crippen LogP) is 1.88. The Hall–Kier alpha value is -0.450. The average molecular weight is 240 g/mol. The molecule has 0 aromatic carbocycles. The molecule has 0 aliphatic carbocycles. The summed E-state index contributed by atoms with van der Waals surface area (Å²) in [5, 5.41) is 12.2. The van der Waals surface area contributed by atoms with E-state index in [0.29, 0.717) is 18.4 Å². The molecule has 0 spiro atoms. The molecule has 0 radical (unpaired) electrons. The van der Waals surface area contributed by atoms with E-state index < -0.39 is 0 Å². The molecule has 1 unspecified atom stereocenters. The minimum atomic E-state index is 0.200. The highest BCUT2D eigenvalue weighted by molar-refractivity contribution is 7.09. The van der Waals surface area contributed by atoms with Gasteiger partial charge in [-0.25, -0.2) is 4.98 Å². The first-order valence-corrected chi connectivity index (χ1v) is 6.88. The number of nitrogens with zero attached hydrogens (tertiary/aromatic N) is 2. The Bertz CT molecular complexity index is 338. The van der Waals surface area contributed by atoms with Gasteiger partial charge in [-0.05, 0) is 26.8 Å². The summed E-state index contributed by atoms with van der Waals surface area (Å²) >= 11 is 1.75. The van der Waals surface area contributed by atoms with Crippen molar-refractivity contribution in [2.75, 3.05) is 19.7 Å². The summed E-state index contributed by atoms with van der Waals surface area (Å²) in [6.45, 7) is 7.04. The number of hydrogen-bond donors (Lipinski definition) is 1. The predicted molar refractivity (Wildman–Crippen MR) is 67.0 cm³/mol. The second kappa shape index (κ2) is 5.25. The molecular weight excluding hydrogens is 220 g/mol. The number of aliphatic hydroxyl groups excluding tert-OH is 1. The zero-order chi connectivity index (χ0) is 11.5. The van der Waals surface area contributed by atoms with Gasteiger partial charge >= 0.3 is 0 Å². The summed E-state index contributed by atoms with van der Waals surface area (Å²) in [6.07, 6.45) is 1.92. The van der Waals surface area contributed by atoms with E-state index in [2.05, 4.69) is 29.1 Å². The maximum atomic E-state index is 8.87. The van der Waals surface area contributed by atoms with Crippen molar-refractivity contribution in [3.8, 4) is 0 Å². The SMILES string of the molecule is CC(C)N1CCC(c2nc(CCO)cs2)C1. The van der Waals surface area contributed by atoms with Gasteiger partial charge in [0.25, 0.3) is 0 Å². The zero-order valence-electron chi connectivity index (χ0n) is 10.0. The van der Waals surface area contributed by atoms with Crippen LogP contribution in [0, 0.1) is 0 Å². The Morgan fingerprint density at radius 1 is 1.62 bits per heavy atom. The smallest absolute Gasteiger partial charge is 0.0972 e. The lowest BCUT2D eigenvalue weighted by atomic mass is 10.1. The Balaban J connectivity index is 1.97. The third kappa shape index (κ3) is 2.62. The fourth-order valence-electron chi connectivity index (χ4n) is 2.20. The Morgan fingerprint density at radius 3 is 3.06 bits per heavy atom. The molecule has 0 saturated carbocycles. The largest absolute Gasteiger partial charge is 0.396 e. The van der Waals surface area contributed by atoms with Crippen LogP contribution in [0.15, 0.2) is 5.38 Å². The van der Waals surface area contributed by atoms with Crippen molar-refractivity contribution < 1.29 is 5.11 Å². The molecule has 1 aliphatic heterocycles. The van der Waals surface area contributed by atoms with Crippen LogP contribution in [0.2, 0.25) is 0 Å². The first kappa shape index (κ1) is 12.0. The molecule has 1 aromatic rings. The van der Waals surface area contributed by atoms with Gasteiger partial charge in [-0.15, -0.1) is 11.3 Å². The van der Waals surface area contributed by atoms with Crippen molar-refractivity contribution in [2.24, 2.45) is 0 Å². The zero-order valence-corrected chi connectivity index (χ0v) is 10.8. The van der Waals surface area contributed by atoms with Crippen molar-refractivity contribution in [3.05, 3.63) is 16.1 Å². The second-order valence-electron chi connectivity index (χ2n) is 4.72. The van der Waals surface area contributed by atoms with Crippen LogP contribution in [0.25, 0.3) is 0 Å². The highest BCUT2D eigenvalue weighted by atomic mass is 32.1. The average Bonchev–Trinajstić information content (AvgIpc) is 2.84. The maximum absolute atomic E-state index is 8.87. The molecule has 1 aliphatic rings. The van der Waals surface area contributed by atoms with E-state index >= 15 is 0 Å². The molecule has 2 rings (SSSR count). The van der Waals surface area contributed by atoms with Gasteiger partial charge in [0.15, 0.2) is 0 Å². The number of rotatable bonds is 4. The fraction of sp³-hybridized carbons (Fsp3) is 0.750. The van der Waals surface area contributed by atoms with Crippen LogP contribution in [-0.4, -0.2) is 40.7 Å². The Labute approximate surface area is 101 Å². The summed E-state index contributed by atoms with van der Waals surface area (Å²) in [6, 6.07) is 0.641. The van der Waals surface area contributed by atoms with Gasteiger partial charge in [0, 0.05) is 36.9 Å². The minimum absolute atomic E-state index is 0.200. The van der Waals surface area contributed by atoms with E-state index in [-0.39, 0.29) is 6.61 Å². The molecule has 16 heavy (non-hydrogen) atoms. The molecule has 1 atom stereocenters. The van der Waals surface area contributed by atoms with E-state index in [0.717, 1.165) is 12.2 Å². The first-order chi connectivity index (χ1) is 7.70. The molecule has 0 amide bonds. The lowest BCUT2D eigenvalue weighted by molar-refractivity contribution is 0.272. The van der Waals surface area contributed by atoms with Crippen molar-refractivity contribution in [1.29, 1.82) is 0 Å². The summed E-state index contributed by atoms with van der Waals surface area (Å²) in [7, 11) is 0. The second-order valence-corrected chi connectivity index (χ2v) is 5.61. The number of hydrogen-bond acceptors (Lipinski definition) is 4. The highest BCUT2D eigenvalue weighted by Gasteiger charge is 2.27. The van der Waals surface area contributed by atoms with Gasteiger partial charge in [0.05, 0.1) is 10.7 Å². The summed E-state index contributed by atoms with van der Waals surface area (Å²) in [4.78, 5) is 7.12. The summed E-state index contributed by atoms with van der Waals surface area (Å²) < 4.78 is 0. The summed E-state index contributed by atoms with van der Waals surface area (Å²) in [5.74, 6) is 0.611. The van der Waals surface area contributed by atoms with Gasteiger partial charge in [-0.1, -0.05) is 0 Å². The fourth-order valence-corrected chi connectivity index (χ4v) is 3.18. The van der Waals surface area contributed by atoms with Crippen LogP contribution in [0.4, 0.5) is 0 Å². The van der Waals surface area contributed by atoms with Crippen molar-refractivity contribution in [3.63, 3.8) is 0 Å². The Kier molecular flexibility index (Phi) is 3.95. The maximum Gasteiger partial charge on any atom is 0.0972 e. The third-order valence-electron chi connectivity index (χ3n) is 3.24. The molecule has 1 saturated heterocycles. The number of likely N-dealkylation sites (tertiary alicyclic amines) is 1. The van der Waals surface area contributed by atoms with E-state index in [1.165, 1.54) is 18.0 Å². The molecule has 1 fully saturated rings. The van der Waals surface area contributed by atoms with Crippen LogP contribution >= 0.6 is 11.3 Å². The van der Waals surface area contributed by atoms with Crippen molar-refractivity contribution in [1.82, 2.24) is 9.88 Å². The molecule has 0 bridgehead atoms. The van der Waals surface area contributed by atoms with Crippen molar-refractivity contribution in [2.45, 2.75) is 38.6 Å². The van der Waals surface area contributed by atoms with Gasteiger partial charge in [-0.2, -0.15) is 0 Å². The standard InChI is InChI=1S/C12H20N2OS/c1-9(2)14-5-3-10(7-14)12-13-11(4-6-15)8-16-12/h8-10,15H,3-7H2,1-2H3. The van der Waals surface area contributed by atoms with Gasteiger partial charge in [-0.3, -0.25) is 0 Å². The van der Waals surface area contributed by atoms with Gasteiger partial charge < -0.3 is 10.0 Å². The lowest BCUT2D eigenvalue weighted by Crippen LogP contribution is -2.27. The molecule has 4 heteroatoms. The normalized spacial score (nSPS) is 22.1. The van der Waals surface area contributed by atoms with E-state index in [1.54, 1.807) is 11.3 Å². The van der Waals surface area contributed by atoms with Crippen LogP contribution in [-0.2, 0) is 6.42 Å². The third-order valence-corrected chi connectivity index (χ3v) is 4.29. The number of thiazole rings is 1. The minimum Gasteiger partial charge on any atom is -0.396 e. The van der Waals surface area contributed by atoms with Crippen LogP contribution in [0.1, 0.15) is 36.9 Å². The molecule has 1 aromatic heterocycles. The van der Waals surface area contributed by atoms with Crippen LogP contribution < -0.4 is 0 Å². The lowest BCUT2D eigenvalue weighted by Gasteiger charge is -2.19. The number of aromatic nitrogens is 1. The van der Waals surface area contributed by atoms with E-state index in [9.17, 15) is 0 Å². The van der Waals surface area contributed by atoms with Crippen LogP contribution in [0.5, 0.6) is 0 Å². The molecule has 2 heterocycles. The number of aliphatic hydroxyl groups is 1. The molecule has 90 valence electrons. The quantitative estimate of drug-likeness (QED) is 0.873. The molecular formula is C12H20N2OS. The van der Waals surface area contributed by atoms with Crippen LogP contribution in [0.3, 0.4) is 0 Å².